The Balaban J connectivity index is 1.37. The van der Waals surface area contributed by atoms with Crippen LogP contribution in [0.1, 0.15) is 40.2 Å². The number of nitrogens with zero attached hydrogens (tertiary/aromatic N) is 3. The molecule has 156 valence electrons. The van der Waals surface area contributed by atoms with Gasteiger partial charge in [0.1, 0.15) is 12.4 Å². The van der Waals surface area contributed by atoms with Gasteiger partial charge in [0.2, 0.25) is 0 Å². The Bertz CT molecular complexity index is 1010. The van der Waals surface area contributed by atoms with Crippen molar-refractivity contribution >= 4 is 5.91 Å². The van der Waals surface area contributed by atoms with Crippen molar-refractivity contribution in [2.24, 2.45) is 0 Å². The molecular formula is C23H26N4O3. The maximum Gasteiger partial charge on any atom is 0.255 e. The Hall–Kier alpha value is -3.19. The van der Waals surface area contributed by atoms with E-state index in [-0.39, 0.29) is 12.0 Å². The number of para-hydroxylation sites is 1. The molecule has 0 radical (unpaired) electrons. The van der Waals surface area contributed by atoms with Crippen molar-refractivity contribution in [1.82, 2.24) is 20.1 Å². The monoisotopic (exact) mass is 406 g/mol. The predicted octanol–water partition coefficient (Wildman–Crippen LogP) is 3.37. The van der Waals surface area contributed by atoms with E-state index in [1.54, 1.807) is 16.9 Å². The molecule has 0 aliphatic carbocycles. The summed E-state index contributed by atoms with van der Waals surface area (Å²) in [6, 6.07) is 13.1. The lowest BCUT2D eigenvalue weighted by atomic mass is 10.1. The summed E-state index contributed by atoms with van der Waals surface area (Å²) in [6.07, 6.45) is 3.91. The van der Waals surface area contributed by atoms with E-state index in [0.29, 0.717) is 24.5 Å². The Morgan fingerprint density at radius 2 is 2.13 bits per heavy atom. The fraction of sp³-hybridized carbons (Fsp3) is 0.348. The normalized spacial score (nSPS) is 15.9. The van der Waals surface area contributed by atoms with Gasteiger partial charge in [0.25, 0.3) is 5.91 Å². The van der Waals surface area contributed by atoms with Crippen LogP contribution in [-0.2, 0) is 11.3 Å². The summed E-state index contributed by atoms with van der Waals surface area (Å²) in [5.41, 5.74) is 3.40. The highest BCUT2D eigenvalue weighted by Gasteiger charge is 2.18. The first-order valence-electron chi connectivity index (χ1n) is 10.2. The molecule has 30 heavy (non-hydrogen) atoms. The van der Waals surface area contributed by atoms with Gasteiger partial charge in [-0.15, -0.1) is 0 Å². The number of pyridine rings is 1. The van der Waals surface area contributed by atoms with Crippen LogP contribution in [0.3, 0.4) is 0 Å². The van der Waals surface area contributed by atoms with Crippen molar-refractivity contribution in [3.63, 3.8) is 0 Å². The zero-order chi connectivity index (χ0) is 20.9. The van der Waals surface area contributed by atoms with Crippen LogP contribution in [0.2, 0.25) is 0 Å². The summed E-state index contributed by atoms with van der Waals surface area (Å²) in [4.78, 5) is 17.2. The Labute approximate surface area is 176 Å². The predicted molar refractivity (Wildman–Crippen MR) is 113 cm³/mol. The number of ether oxygens (including phenoxy) is 2. The van der Waals surface area contributed by atoms with Crippen LogP contribution in [0.15, 0.2) is 48.7 Å². The summed E-state index contributed by atoms with van der Waals surface area (Å²) >= 11 is 0. The second-order valence-electron chi connectivity index (χ2n) is 7.49. The summed E-state index contributed by atoms with van der Waals surface area (Å²) in [5, 5.41) is 7.39. The molecule has 0 saturated carbocycles. The molecule has 0 spiro atoms. The summed E-state index contributed by atoms with van der Waals surface area (Å²) < 4.78 is 13.3. The van der Waals surface area contributed by atoms with Gasteiger partial charge in [0, 0.05) is 25.0 Å². The molecule has 1 N–H and O–H groups in total. The van der Waals surface area contributed by atoms with Gasteiger partial charge in [-0.2, -0.15) is 5.10 Å². The first kappa shape index (κ1) is 20.1. The molecule has 1 fully saturated rings. The molecule has 1 amide bonds. The molecule has 1 aliphatic heterocycles. The van der Waals surface area contributed by atoms with E-state index in [1.165, 1.54) is 0 Å². The molecule has 2 aromatic heterocycles. The zero-order valence-corrected chi connectivity index (χ0v) is 17.3. The first-order chi connectivity index (χ1) is 14.6. The van der Waals surface area contributed by atoms with Gasteiger partial charge in [-0.05, 0) is 56.5 Å². The number of amides is 1. The molecule has 7 nitrogen and oxygen atoms in total. The fourth-order valence-corrected chi connectivity index (χ4v) is 3.52. The van der Waals surface area contributed by atoms with Crippen LogP contribution in [-0.4, -0.2) is 40.0 Å². The largest absolute Gasteiger partial charge is 0.490 e. The first-order valence-corrected chi connectivity index (χ1v) is 10.2. The highest BCUT2D eigenvalue weighted by atomic mass is 16.5. The van der Waals surface area contributed by atoms with E-state index < -0.39 is 0 Å². The molecule has 3 aromatic rings. The van der Waals surface area contributed by atoms with Crippen LogP contribution in [0.4, 0.5) is 0 Å². The molecule has 0 unspecified atom stereocenters. The molecule has 1 aliphatic rings. The topological polar surface area (TPSA) is 78.3 Å². The molecule has 4 rings (SSSR count). The molecular weight excluding hydrogens is 380 g/mol. The van der Waals surface area contributed by atoms with Gasteiger partial charge >= 0.3 is 0 Å². The Morgan fingerprint density at radius 3 is 2.83 bits per heavy atom. The van der Waals surface area contributed by atoms with E-state index in [9.17, 15) is 4.79 Å². The van der Waals surface area contributed by atoms with E-state index in [4.69, 9.17) is 9.47 Å². The number of carbonyl (C=O) groups is 1. The molecule has 1 saturated heterocycles. The van der Waals surface area contributed by atoms with E-state index >= 15 is 0 Å². The quantitative estimate of drug-likeness (QED) is 0.651. The third-order valence-electron chi connectivity index (χ3n) is 5.07. The number of benzene rings is 1. The maximum atomic E-state index is 12.7. The number of hydrogen-bond donors (Lipinski definition) is 1. The maximum absolute atomic E-state index is 12.7. The summed E-state index contributed by atoms with van der Waals surface area (Å²) in [7, 11) is 0. The Kier molecular flexibility index (Phi) is 6.09. The smallest absolute Gasteiger partial charge is 0.255 e. The lowest BCUT2D eigenvalue weighted by Gasteiger charge is -2.14. The highest BCUT2D eigenvalue weighted by molar-refractivity contribution is 5.96. The van der Waals surface area contributed by atoms with Crippen molar-refractivity contribution in [2.45, 2.75) is 39.3 Å². The molecule has 1 aromatic carbocycles. The third-order valence-corrected chi connectivity index (χ3v) is 5.07. The van der Waals surface area contributed by atoms with Gasteiger partial charge in [0.05, 0.1) is 17.4 Å². The fourth-order valence-electron chi connectivity index (χ4n) is 3.52. The average molecular weight is 406 g/mol. The van der Waals surface area contributed by atoms with Crippen LogP contribution >= 0.6 is 0 Å². The number of rotatable bonds is 7. The van der Waals surface area contributed by atoms with Gasteiger partial charge < -0.3 is 14.8 Å². The van der Waals surface area contributed by atoms with Gasteiger partial charge in [-0.3, -0.25) is 4.79 Å². The highest BCUT2D eigenvalue weighted by Crippen LogP contribution is 2.20. The molecule has 3 heterocycles. The molecule has 1 atom stereocenters. The van der Waals surface area contributed by atoms with Crippen molar-refractivity contribution < 1.29 is 14.3 Å². The average Bonchev–Trinajstić information content (AvgIpc) is 3.40. The van der Waals surface area contributed by atoms with Crippen molar-refractivity contribution in [3.8, 4) is 11.6 Å². The number of nitrogens with one attached hydrogen (secondary N) is 1. The van der Waals surface area contributed by atoms with E-state index in [1.807, 2.05) is 50.2 Å². The minimum absolute atomic E-state index is 0.105. The second-order valence-corrected chi connectivity index (χ2v) is 7.49. The lowest BCUT2D eigenvalue weighted by Crippen LogP contribution is -2.24. The van der Waals surface area contributed by atoms with Crippen molar-refractivity contribution in [2.75, 3.05) is 13.2 Å². The van der Waals surface area contributed by atoms with Crippen LogP contribution in [0, 0.1) is 13.8 Å². The van der Waals surface area contributed by atoms with Gasteiger partial charge in [-0.1, -0.05) is 18.2 Å². The Morgan fingerprint density at radius 1 is 1.27 bits per heavy atom. The minimum atomic E-state index is -0.180. The van der Waals surface area contributed by atoms with Crippen molar-refractivity contribution in [1.29, 1.82) is 0 Å². The van der Waals surface area contributed by atoms with Crippen LogP contribution < -0.4 is 10.1 Å². The van der Waals surface area contributed by atoms with Crippen LogP contribution in [0.25, 0.3) is 5.82 Å². The van der Waals surface area contributed by atoms with E-state index in [2.05, 4.69) is 15.4 Å². The number of aromatic nitrogens is 3. The molecule has 7 heteroatoms. The lowest BCUT2D eigenvalue weighted by molar-refractivity contribution is 0.0670. The standard InChI is InChI=1S/C23H26N4O3/c1-16-12-17(2)27(26-16)22-10-9-18(13-24-22)14-25-23(28)20-7-3-4-8-21(20)30-15-19-6-5-11-29-19/h3-4,7-10,12-13,19H,5-6,11,14-15H2,1-2H3,(H,25,28)/t19-/m0/s1. The SMILES string of the molecule is Cc1cc(C)n(-c2ccc(CNC(=O)c3ccccc3OC[C@@H]3CCCO3)cn2)n1. The zero-order valence-electron chi connectivity index (χ0n) is 17.3. The van der Waals surface area contributed by atoms with Gasteiger partial charge in [-0.25, -0.2) is 9.67 Å². The molecule has 0 bridgehead atoms. The van der Waals surface area contributed by atoms with E-state index in [0.717, 1.165) is 42.2 Å². The summed E-state index contributed by atoms with van der Waals surface area (Å²) in [5.74, 6) is 1.15. The van der Waals surface area contributed by atoms with Gasteiger partial charge in [0.15, 0.2) is 5.82 Å². The van der Waals surface area contributed by atoms with Crippen LogP contribution in [0.5, 0.6) is 5.75 Å². The third kappa shape index (κ3) is 4.68. The second kappa shape index (κ2) is 9.09. The number of carbonyl (C=O) groups excluding carboxylic acids is 1. The number of hydrogen-bond acceptors (Lipinski definition) is 5. The number of aryl methyl sites for hydroxylation is 2. The summed E-state index contributed by atoms with van der Waals surface area (Å²) in [6.45, 7) is 5.57. The minimum Gasteiger partial charge on any atom is -0.490 e. The van der Waals surface area contributed by atoms with Crippen molar-refractivity contribution in [3.05, 3.63) is 71.2 Å².